The molecule has 0 aromatic carbocycles. The summed E-state index contributed by atoms with van der Waals surface area (Å²) in [6.45, 7) is 0. The molecule has 5 nitrogen and oxygen atoms in total. The zero-order valence-corrected chi connectivity index (χ0v) is 6.01. The molecular weight excluding hydrogens is 173 g/mol. The van der Waals surface area contributed by atoms with Gasteiger partial charge in [-0.3, -0.25) is 4.72 Å². The molecule has 1 N–H and O–H groups in total. The number of hydrogen-bond acceptors (Lipinski definition) is 4. The Morgan fingerprint density at radius 3 is 2.82 bits per heavy atom. The molecule has 1 aromatic heterocycles. The van der Waals surface area contributed by atoms with Gasteiger partial charge in [-0.1, -0.05) is 0 Å². The quantitative estimate of drug-likeness (QED) is 0.464. The minimum absolute atomic E-state index is 0.0162. The lowest BCUT2D eigenvalue weighted by molar-refractivity contribution is 0.538. The highest BCUT2D eigenvalue weighted by Crippen LogP contribution is 1.99. The van der Waals surface area contributed by atoms with Crippen LogP contribution in [0.5, 0.6) is 0 Å². The third kappa shape index (κ3) is 2.46. The predicted molar refractivity (Wildman–Crippen MR) is 34.8 cm³/mol. The van der Waals surface area contributed by atoms with Crippen molar-refractivity contribution in [2.75, 3.05) is 4.72 Å². The van der Waals surface area contributed by atoms with Gasteiger partial charge >= 0.3 is 6.08 Å². The molecule has 0 bridgehead atoms. The van der Waals surface area contributed by atoms with E-state index >= 15 is 0 Å². The lowest BCUT2D eigenvalue weighted by Gasteiger charge is -1.93. The molecule has 1 aromatic rings. The van der Waals surface area contributed by atoms with E-state index in [0.29, 0.717) is 0 Å². The highest BCUT2D eigenvalue weighted by molar-refractivity contribution is 7.73. The van der Waals surface area contributed by atoms with Crippen LogP contribution in [0.15, 0.2) is 6.20 Å². The Kier molecular flexibility index (Phi) is 2.32. The summed E-state index contributed by atoms with van der Waals surface area (Å²) >= 11 is 0. The second-order valence-corrected chi connectivity index (χ2v) is 2.27. The molecule has 0 amide bonds. The van der Waals surface area contributed by atoms with Crippen molar-refractivity contribution < 1.29 is 12.8 Å². The van der Waals surface area contributed by atoms with E-state index < -0.39 is 17.0 Å². The molecule has 59 valence electrons. The maximum atomic E-state index is 12.0. The normalized spacial score (nSPS) is 10.0. The fourth-order valence-electron chi connectivity index (χ4n) is 0.434. The third-order valence-corrected chi connectivity index (χ3v) is 1.20. The number of aromatic nitrogens is 2. The Bertz CT molecular complexity index is 302. The second kappa shape index (κ2) is 3.24. The van der Waals surface area contributed by atoms with Crippen LogP contribution in [0.25, 0.3) is 0 Å². The summed E-state index contributed by atoms with van der Waals surface area (Å²) in [5, 5.41) is 0. The molecule has 1 rings (SSSR count). The van der Waals surface area contributed by atoms with Crippen molar-refractivity contribution in [1.82, 2.24) is 9.97 Å². The van der Waals surface area contributed by atoms with Crippen molar-refractivity contribution >= 4 is 16.6 Å². The van der Waals surface area contributed by atoms with Gasteiger partial charge in [0, 0.05) is 0 Å². The van der Waals surface area contributed by atoms with Gasteiger partial charge < -0.3 is 0 Å². The van der Waals surface area contributed by atoms with E-state index in [2.05, 4.69) is 16.2 Å². The van der Waals surface area contributed by atoms with E-state index in [-0.39, 0.29) is 5.69 Å². The lowest BCUT2D eigenvalue weighted by atomic mass is 10.6. The molecule has 0 saturated heterocycles. The standard InChI is InChI=1S/C4H3FN3O2S/c5-4-6-1-3(2-7-4)8-11(9)10/h1,11H,(H,8,9,10). The van der Waals surface area contributed by atoms with E-state index in [9.17, 15) is 12.8 Å². The van der Waals surface area contributed by atoms with Gasteiger partial charge in [0.15, 0.2) is 0 Å². The highest BCUT2D eigenvalue weighted by Gasteiger charge is 1.94. The topological polar surface area (TPSA) is 72.0 Å². The van der Waals surface area contributed by atoms with Gasteiger partial charge in [-0.15, -0.1) is 0 Å². The lowest BCUT2D eigenvalue weighted by Crippen LogP contribution is -1.98. The van der Waals surface area contributed by atoms with E-state index in [4.69, 9.17) is 0 Å². The Morgan fingerprint density at radius 2 is 2.36 bits per heavy atom. The first-order valence-corrected chi connectivity index (χ1v) is 3.67. The molecular formula is C4H3FN3O2S. The number of halogens is 1. The van der Waals surface area contributed by atoms with Crippen molar-refractivity contribution in [3.8, 4) is 0 Å². The Labute approximate surface area is 63.4 Å². The fourth-order valence-corrected chi connectivity index (χ4v) is 0.739. The Hall–Kier alpha value is -1.24. The summed E-state index contributed by atoms with van der Waals surface area (Å²) in [5.41, 5.74) is 0.0162. The molecule has 0 aliphatic carbocycles. The SMILES string of the molecule is O=[SH](=O)Nc1[c]nc(F)nc1. The minimum atomic E-state index is -2.77. The van der Waals surface area contributed by atoms with Crippen LogP contribution in [0, 0.1) is 12.3 Å². The molecule has 1 heterocycles. The average Bonchev–Trinajstić information content (AvgIpc) is 1.93. The van der Waals surface area contributed by atoms with Crippen LogP contribution < -0.4 is 4.72 Å². The summed E-state index contributed by atoms with van der Waals surface area (Å²) in [6, 6.07) is 0. The van der Waals surface area contributed by atoms with Gasteiger partial charge in [0.25, 0.3) is 0 Å². The average molecular weight is 176 g/mol. The Morgan fingerprint density at radius 1 is 1.64 bits per heavy atom. The summed E-state index contributed by atoms with van der Waals surface area (Å²) < 4.78 is 34.0. The molecule has 0 fully saturated rings. The maximum Gasteiger partial charge on any atom is 0.309 e. The van der Waals surface area contributed by atoms with Crippen LogP contribution in [0.3, 0.4) is 0 Å². The van der Waals surface area contributed by atoms with Gasteiger partial charge in [0.1, 0.15) is 6.20 Å². The number of nitrogens with zero attached hydrogens (tertiary/aromatic N) is 2. The number of hydrogen-bond donors (Lipinski definition) is 2. The van der Waals surface area contributed by atoms with Crippen molar-refractivity contribution in [3.63, 3.8) is 0 Å². The molecule has 0 atom stereocenters. The largest absolute Gasteiger partial charge is 0.309 e. The van der Waals surface area contributed by atoms with Gasteiger partial charge in [-0.25, -0.2) is 13.4 Å². The monoisotopic (exact) mass is 176 g/mol. The third-order valence-electron chi connectivity index (χ3n) is 0.781. The molecule has 7 heteroatoms. The van der Waals surface area contributed by atoms with E-state index in [0.717, 1.165) is 6.20 Å². The van der Waals surface area contributed by atoms with Crippen molar-refractivity contribution in [3.05, 3.63) is 18.5 Å². The van der Waals surface area contributed by atoms with Gasteiger partial charge in [0.05, 0.1) is 11.9 Å². The number of rotatable bonds is 2. The van der Waals surface area contributed by atoms with Crippen molar-refractivity contribution in [2.45, 2.75) is 0 Å². The van der Waals surface area contributed by atoms with Gasteiger partial charge in [0.2, 0.25) is 10.9 Å². The van der Waals surface area contributed by atoms with Gasteiger partial charge in [-0.05, 0) is 0 Å². The number of anilines is 1. The zero-order chi connectivity index (χ0) is 8.27. The first-order chi connectivity index (χ1) is 5.18. The molecule has 0 aliphatic rings. The van der Waals surface area contributed by atoms with E-state index in [1.165, 1.54) is 0 Å². The van der Waals surface area contributed by atoms with Crippen LogP contribution in [0.2, 0.25) is 0 Å². The predicted octanol–water partition coefficient (Wildman–Crippen LogP) is -0.646. The molecule has 0 aliphatic heterocycles. The molecule has 0 spiro atoms. The summed E-state index contributed by atoms with van der Waals surface area (Å²) in [5.74, 6) is 0. The molecule has 1 radical (unpaired) electrons. The van der Waals surface area contributed by atoms with Crippen LogP contribution in [-0.4, -0.2) is 18.4 Å². The maximum absolute atomic E-state index is 12.0. The van der Waals surface area contributed by atoms with Crippen LogP contribution in [0.4, 0.5) is 10.1 Å². The van der Waals surface area contributed by atoms with Crippen molar-refractivity contribution in [2.24, 2.45) is 0 Å². The fraction of sp³-hybridized carbons (Fsp3) is 0. The number of thiol groups is 1. The Balaban J connectivity index is 2.82. The van der Waals surface area contributed by atoms with E-state index in [1.54, 1.807) is 0 Å². The molecule has 0 saturated carbocycles. The van der Waals surface area contributed by atoms with Crippen LogP contribution >= 0.6 is 0 Å². The number of nitrogens with one attached hydrogen (secondary N) is 1. The van der Waals surface area contributed by atoms with Gasteiger partial charge in [-0.2, -0.15) is 9.37 Å². The summed E-state index contributed by atoms with van der Waals surface area (Å²) in [4.78, 5) is 6.09. The van der Waals surface area contributed by atoms with E-state index in [1.807, 2.05) is 4.72 Å². The first kappa shape index (κ1) is 7.86. The minimum Gasteiger partial charge on any atom is -0.282 e. The van der Waals surface area contributed by atoms with Crippen LogP contribution in [-0.2, 0) is 10.9 Å². The van der Waals surface area contributed by atoms with Crippen LogP contribution in [0.1, 0.15) is 0 Å². The summed E-state index contributed by atoms with van der Waals surface area (Å²) in [7, 11) is -2.77. The zero-order valence-electron chi connectivity index (χ0n) is 5.11. The molecule has 11 heavy (non-hydrogen) atoms. The first-order valence-electron chi connectivity index (χ1n) is 2.50. The molecule has 0 unspecified atom stereocenters. The smallest absolute Gasteiger partial charge is 0.282 e. The second-order valence-electron chi connectivity index (χ2n) is 1.53. The highest BCUT2D eigenvalue weighted by atomic mass is 32.2. The summed E-state index contributed by atoms with van der Waals surface area (Å²) in [6.07, 6.45) is 2.12. The van der Waals surface area contributed by atoms with Crippen molar-refractivity contribution in [1.29, 1.82) is 0 Å².